The predicted octanol–water partition coefficient (Wildman–Crippen LogP) is 1.42. The summed E-state index contributed by atoms with van der Waals surface area (Å²) in [6.45, 7) is 3.80. The van der Waals surface area contributed by atoms with E-state index in [2.05, 4.69) is 6.58 Å². The number of rotatable bonds is 6. The molecule has 0 fully saturated rings. The van der Waals surface area contributed by atoms with Gasteiger partial charge in [0.25, 0.3) is 0 Å². The normalized spacial score (nSPS) is 11.1. The number of nitrogen functional groups attached to an aromatic ring is 1. The van der Waals surface area contributed by atoms with Crippen LogP contribution in [0.25, 0.3) is 0 Å². The van der Waals surface area contributed by atoms with Crippen molar-refractivity contribution >= 4 is 15.5 Å². The van der Waals surface area contributed by atoms with E-state index in [4.69, 9.17) is 10.5 Å². The summed E-state index contributed by atoms with van der Waals surface area (Å²) in [6.07, 6.45) is 3.57. The molecule has 94 valence electrons. The zero-order chi connectivity index (χ0) is 12.9. The van der Waals surface area contributed by atoms with Crippen LogP contribution in [0.3, 0.4) is 0 Å². The molecular weight excluding hydrogens is 238 g/mol. The second kappa shape index (κ2) is 5.72. The molecule has 0 saturated heterocycles. The van der Waals surface area contributed by atoms with Gasteiger partial charge >= 0.3 is 0 Å². The van der Waals surface area contributed by atoms with Gasteiger partial charge in [0.15, 0.2) is 9.84 Å². The van der Waals surface area contributed by atoms with E-state index in [1.807, 2.05) is 0 Å². The average Bonchev–Trinajstić information content (AvgIpc) is 2.20. The molecule has 0 unspecified atom stereocenters. The lowest BCUT2D eigenvalue weighted by Gasteiger charge is -2.10. The summed E-state index contributed by atoms with van der Waals surface area (Å²) >= 11 is 0. The lowest BCUT2D eigenvalue weighted by Crippen LogP contribution is -2.12. The molecule has 0 heterocycles. The van der Waals surface area contributed by atoms with Crippen LogP contribution in [-0.2, 0) is 16.3 Å². The highest BCUT2D eigenvalue weighted by molar-refractivity contribution is 7.90. The zero-order valence-electron chi connectivity index (χ0n) is 9.85. The van der Waals surface area contributed by atoms with Crippen molar-refractivity contribution in [3.8, 4) is 5.75 Å². The van der Waals surface area contributed by atoms with Crippen LogP contribution in [0, 0.1) is 0 Å². The first-order chi connectivity index (χ1) is 7.92. The second-order valence-electron chi connectivity index (χ2n) is 3.84. The molecule has 2 N–H and O–H groups in total. The van der Waals surface area contributed by atoms with Gasteiger partial charge in [-0.1, -0.05) is 6.08 Å². The number of anilines is 1. The van der Waals surface area contributed by atoms with Gasteiger partial charge in [-0.2, -0.15) is 0 Å². The van der Waals surface area contributed by atoms with Gasteiger partial charge in [0.1, 0.15) is 12.4 Å². The summed E-state index contributed by atoms with van der Waals surface area (Å²) < 4.78 is 27.4. The van der Waals surface area contributed by atoms with Crippen LogP contribution in [0.1, 0.15) is 5.56 Å². The van der Waals surface area contributed by atoms with Crippen LogP contribution < -0.4 is 10.5 Å². The zero-order valence-corrected chi connectivity index (χ0v) is 10.7. The topological polar surface area (TPSA) is 69.4 Å². The Kier molecular flexibility index (Phi) is 4.57. The van der Waals surface area contributed by atoms with E-state index >= 15 is 0 Å². The van der Waals surface area contributed by atoms with Gasteiger partial charge in [-0.15, -0.1) is 6.58 Å². The highest BCUT2D eigenvalue weighted by atomic mass is 32.2. The largest absolute Gasteiger partial charge is 0.492 e. The molecule has 0 saturated carbocycles. The molecule has 1 rings (SSSR count). The quantitative estimate of drug-likeness (QED) is 0.616. The number of hydrogen-bond donors (Lipinski definition) is 1. The summed E-state index contributed by atoms with van der Waals surface area (Å²) in [5.74, 6) is 0.660. The Bertz CT molecular complexity index is 494. The molecule has 17 heavy (non-hydrogen) atoms. The Morgan fingerprint density at radius 1 is 1.47 bits per heavy atom. The van der Waals surface area contributed by atoms with Crippen LogP contribution in [0.5, 0.6) is 5.75 Å². The third-order valence-electron chi connectivity index (χ3n) is 2.16. The van der Waals surface area contributed by atoms with E-state index in [1.165, 1.54) is 6.26 Å². The van der Waals surface area contributed by atoms with Gasteiger partial charge in [-0.25, -0.2) is 8.42 Å². The smallest absolute Gasteiger partial charge is 0.150 e. The molecule has 5 heteroatoms. The van der Waals surface area contributed by atoms with E-state index in [-0.39, 0.29) is 12.4 Å². The third-order valence-corrected chi connectivity index (χ3v) is 3.07. The van der Waals surface area contributed by atoms with Crippen LogP contribution >= 0.6 is 0 Å². The molecule has 1 aromatic carbocycles. The molecule has 0 radical (unpaired) electrons. The molecule has 0 aliphatic heterocycles. The number of hydrogen-bond acceptors (Lipinski definition) is 4. The van der Waals surface area contributed by atoms with Crippen LogP contribution in [0.15, 0.2) is 30.9 Å². The molecule has 0 bridgehead atoms. The molecule has 0 aliphatic carbocycles. The van der Waals surface area contributed by atoms with Crippen molar-refractivity contribution in [2.75, 3.05) is 24.3 Å². The Balaban J connectivity index is 2.73. The fourth-order valence-corrected chi connectivity index (χ4v) is 1.74. The number of ether oxygens (including phenoxy) is 1. The molecule has 0 spiro atoms. The summed E-state index contributed by atoms with van der Waals surface area (Å²) in [4.78, 5) is 0. The summed E-state index contributed by atoms with van der Waals surface area (Å²) in [7, 11) is -3.00. The molecule has 0 amide bonds. The monoisotopic (exact) mass is 255 g/mol. The number of allylic oxidation sites excluding steroid dienone is 1. The highest BCUT2D eigenvalue weighted by Gasteiger charge is 2.06. The van der Waals surface area contributed by atoms with Crippen LogP contribution in [-0.4, -0.2) is 27.0 Å². The van der Waals surface area contributed by atoms with Crippen LogP contribution in [0.4, 0.5) is 5.69 Å². The first kappa shape index (κ1) is 13.6. The van der Waals surface area contributed by atoms with E-state index in [1.54, 1.807) is 24.3 Å². The Morgan fingerprint density at radius 3 is 2.76 bits per heavy atom. The fourth-order valence-electron chi connectivity index (χ4n) is 1.36. The molecule has 0 atom stereocenters. The van der Waals surface area contributed by atoms with E-state index in [9.17, 15) is 8.42 Å². The fraction of sp³-hybridized carbons (Fsp3) is 0.333. The number of benzene rings is 1. The minimum atomic E-state index is -3.00. The van der Waals surface area contributed by atoms with Gasteiger partial charge in [0, 0.05) is 11.9 Å². The van der Waals surface area contributed by atoms with Crippen molar-refractivity contribution in [3.63, 3.8) is 0 Å². The van der Waals surface area contributed by atoms with Crippen molar-refractivity contribution in [1.29, 1.82) is 0 Å². The minimum Gasteiger partial charge on any atom is -0.492 e. The third kappa shape index (κ3) is 4.91. The van der Waals surface area contributed by atoms with Crippen molar-refractivity contribution < 1.29 is 13.2 Å². The summed E-state index contributed by atoms with van der Waals surface area (Å²) in [5, 5.41) is 0. The minimum absolute atomic E-state index is 0.00487. The van der Waals surface area contributed by atoms with E-state index < -0.39 is 9.84 Å². The standard InChI is InChI=1S/C12H17NO3S/c1-3-4-10-9-11(13)5-6-12(10)16-7-8-17(2,14)15/h3,5-6,9H,1,4,7-8,13H2,2H3. The summed E-state index contributed by atoms with van der Waals surface area (Å²) in [5.41, 5.74) is 7.23. The lowest BCUT2D eigenvalue weighted by atomic mass is 10.1. The van der Waals surface area contributed by atoms with Gasteiger partial charge in [0.05, 0.1) is 5.75 Å². The highest BCUT2D eigenvalue weighted by Crippen LogP contribution is 2.22. The molecule has 1 aromatic rings. The first-order valence-corrected chi connectivity index (χ1v) is 7.28. The number of nitrogens with two attached hydrogens (primary N) is 1. The second-order valence-corrected chi connectivity index (χ2v) is 6.10. The molecular formula is C12H17NO3S. The summed E-state index contributed by atoms with van der Waals surface area (Å²) in [6, 6.07) is 5.27. The molecule has 0 aliphatic rings. The predicted molar refractivity (Wildman–Crippen MR) is 70.0 cm³/mol. The van der Waals surface area contributed by atoms with Gasteiger partial charge < -0.3 is 10.5 Å². The maximum atomic E-state index is 11.0. The Hall–Kier alpha value is -1.49. The maximum absolute atomic E-state index is 11.0. The molecule has 0 aromatic heterocycles. The average molecular weight is 255 g/mol. The van der Waals surface area contributed by atoms with E-state index in [0.29, 0.717) is 17.9 Å². The van der Waals surface area contributed by atoms with Gasteiger partial charge in [0.2, 0.25) is 0 Å². The van der Waals surface area contributed by atoms with Crippen molar-refractivity contribution in [2.24, 2.45) is 0 Å². The van der Waals surface area contributed by atoms with Crippen molar-refractivity contribution in [3.05, 3.63) is 36.4 Å². The first-order valence-electron chi connectivity index (χ1n) is 5.22. The lowest BCUT2D eigenvalue weighted by molar-refractivity contribution is 0.338. The Morgan fingerprint density at radius 2 is 2.18 bits per heavy atom. The van der Waals surface area contributed by atoms with Crippen molar-refractivity contribution in [1.82, 2.24) is 0 Å². The van der Waals surface area contributed by atoms with Crippen molar-refractivity contribution in [2.45, 2.75) is 6.42 Å². The van der Waals surface area contributed by atoms with Gasteiger partial charge in [-0.05, 0) is 30.2 Å². The molecule has 4 nitrogen and oxygen atoms in total. The van der Waals surface area contributed by atoms with Crippen LogP contribution in [0.2, 0.25) is 0 Å². The Labute approximate surface area is 102 Å². The number of sulfone groups is 1. The van der Waals surface area contributed by atoms with Gasteiger partial charge in [-0.3, -0.25) is 0 Å². The van der Waals surface area contributed by atoms with E-state index in [0.717, 1.165) is 5.56 Å². The SMILES string of the molecule is C=CCc1cc(N)ccc1OCCS(C)(=O)=O. The maximum Gasteiger partial charge on any atom is 0.150 e.